The van der Waals surface area contributed by atoms with Crippen molar-refractivity contribution < 1.29 is 13.9 Å². The van der Waals surface area contributed by atoms with E-state index >= 15 is 0 Å². The van der Waals surface area contributed by atoms with Crippen molar-refractivity contribution in [2.75, 3.05) is 6.61 Å². The molecule has 0 aliphatic heterocycles. The molecule has 0 atom stereocenters. The summed E-state index contributed by atoms with van der Waals surface area (Å²) in [5, 5.41) is 0. The Balaban J connectivity index is 2.98. The van der Waals surface area contributed by atoms with Gasteiger partial charge < -0.3 is 9.47 Å². The van der Waals surface area contributed by atoms with Gasteiger partial charge in [0.2, 0.25) is 0 Å². The summed E-state index contributed by atoms with van der Waals surface area (Å²) in [6.07, 6.45) is 0.0122. The Morgan fingerprint density at radius 3 is 2.41 bits per heavy atom. The van der Waals surface area contributed by atoms with Crippen molar-refractivity contribution in [2.45, 2.75) is 33.8 Å². The van der Waals surface area contributed by atoms with Crippen LogP contribution in [0.15, 0.2) is 16.6 Å². The number of benzene rings is 1. The summed E-state index contributed by atoms with van der Waals surface area (Å²) in [6, 6.07) is 2.73. The van der Waals surface area contributed by atoms with Gasteiger partial charge in [0.15, 0.2) is 11.5 Å². The zero-order valence-corrected chi connectivity index (χ0v) is 12.2. The molecule has 0 saturated heterocycles. The van der Waals surface area contributed by atoms with E-state index in [1.165, 1.54) is 12.1 Å². The van der Waals surface area contributed by atoms with Crippen molar-refractivity contribution in [1.29, 1.82) is 0 Å². The highest BCUT2D eigenvalue weighted by Gasteiger charge is 2.14. The summed E-state index contributed by atoms with van der Waals surface area (Å²) in [5.41, 5.74) is 0. The molecule has 17 heavy (non-hydrogen) atoms. The minimum atomic E-state index is -0.341. The summed E-state index contributed by atoms with van der Waals surface area (Å²) in [4.78, 5) is 0. The molecular formula is C13H18BrFO2. The van der Waals surface area contributed by atoms with Crippen LogP contribution in [-0.4, -0.2) is 12.7 Å². The van der Waals surface area contributed by atoms with Crippen molar-refractivity contribution in [1.82, 2.24) is 0 Å². The van der Waals surface area contributed by atoms with Gasteiger partial charge in [-0.3, -0.25) is 0 Å². The fraction of sp³-hybridized carbons (Fsp3) is 0.538. The Morgan fingerprint density at radius 2 is 1.88 bits per heavy atom. The van der Waals surface area contributed by atoms with Crippen LogP contribution in [-0.2, 0) is 0 Å². The molecule has 96 valence electrons. The Labute approximate surface area is 110 Å². The van der Waals surface area contributed by atoms with E-state index in [1.54, 1.807) is 0 Å². The van der Waals surface area contributed by atoms with E-state index in [0.717, 1.165) is 0 Å². The predicted octanol–water partition coefficient (Wildman–Crippen LogP) is 4.41. The Kier molecular flexibility index (Phi) is 5.25. The number of hydrogen-bond donors (Lipinski definition) is 0. The maximum Gasteiger partial charge on any atom is 0.175 e. The van der Waals surface area contributed by atoms with Crippen LogP contribution in [0, 0.1) is 11.7 Å². The van der Waals surface area contributed by atoms with E-state index in [-0.39, 0.29) is 11.9 Å². The van der Waals surface area contributed by atoms with Crippen LogP contribution in [0.4, 0.5) is 4.39 Å². The molecule has 1 aromatic carbocycles. The monoisotopic (exact) mass is 304 g/mol. The molecule has 0 N–H and O–H groups in total. The highest BCUT2D eigenvalue weighted by atomic mass is 79.9. The molecule has 0 aliphatic carbocycles. The van der Waals surface area contributed by atoms with Gasteiger partial charge in [0, 0.05) is 6.07 Å². The molecule has 0 saturated carbocycles. The van der Waals surface area contributed by atoms with Crippen LogP contribution >= 0.6 is 15.9 Å². The van der Waals surface area contributed by atoms with Crippen molar-refractivity contribution in [2.24, 2.45) is 5.92 Å². The summed E-state index contributed by atoms with van der Waals surface area (Å²) in [5.74, 6) is 1.04. The minimum absolute atomic E-state index is 0.0122. The predicted molar refractivity (Wildman–Crippen MR) is 70.2 cm³/mol. The van der Waals surface area contributed by atoms with E-state index in [9.17, 15) is 4.39 Å². The largest absolute Gasteiger partial charge is 0.489 e. The third-order valence-corrected chi connectivity index (χ3v) is 2.49. The van der Waals surface area contributed by atoms with Gasteiger partial charge >= 0.3 is 0 Å². The van der Waals surface area contributed by atoms with Gasteiger partial charge in [0.25, 0.3) is 0 Å². The van der Waals surface area contributed by atoms with Gasteiger partial charge in [0.1, 0.15) is 5.82 Å². The second kappa shape index (κ2) is 6.24. The Morgan fingerprint density at radius 1 is 1.24 bits per heavy atom. The summed E-state index contributed by atoms with van der Waals surface area (Å²) in [6.45, 7) is 8.45. The van der Waals surface area contributed by atoms with E-state index in [2.05, 4.69) is 15.9 Å². The molecule has 0 radical (unpaired) electrons. The van der Waals surface area contributed by atoms with Crippen molar-refractivity contribution >= 4 is 15.9 Å². The minimum Gasteiger partial charge on any atom is -0.489 e. The third-order valence-electron chi connectivity index (χ3n) is 1.90. The van der Waals surface area contributed by atoms with Crippen LogP contribution in [0.2, 0.25) is 0 Å². The van der Waals surface area contributed by atoms with Gasteiger partial charge in [0.05, 0.1) is 17.2 Å². The molecule has 1 rings (SSSR count). The zero-order chi connectivity index (χ0) is 13.0. The SMILES string of the molecule is CC(C)COc1cc(F)cc(Br)c1OC(C)C. The lowest BCUT2D eigenvalue weighted by atomic mass is 10.2. The molecule has 4 heteroatoms. The molecule has 0 bridgehead atoms. The first-order chi connectivity index (χ1) is 7.90. The second-order valence-corrected chi connectivity index (χ2v) is 5.44. The number of ether oxygens (including phenoxy) is 2. The molecule has 0 fully saturated rings. The van der Waals surface area contributed by atoms with Gasteiger partial charge in [-0.15, -0.1) is 0 Å². The van der Waals surface area contributed by atoms with Crippen LogP contribution in [0.1, 0.15) is 27.7 Å². The molecule has 0 spiro atoms. The van der Waals surface area contributed by atoms with Gasteiger partial charge in [-0.25, -0.2) is 4.39 Å². The maximum atomic E-state index is 13.3. The lowest BCUT2D eigenvalue weighted by Gasteiger charge is -2.17. The normalized spacial score (nSPS) is 11.1. The van der Waals surface area contributed by atoms with Gasteiger partial charge in [-0.05, 0) is 41.8 Å². The van der Waals surface area contributed by atoms with Gasteiger partial charge in [-0.2, -0.15) is 0 Å². The quantitative estimate of drug-likeness (QED) is 0.802. The molecule has 2 nitrogen and oxygen atoms in total. The number of hydrogen-bond acceptors (Lipinski definition) is 2. The topological polar surface area (TPSA) is 18.5 Å². The number of halogens is 2. The average Bonchev–Trinajstić information content (AvgIpc) is 2.18. The summed E-state index contributed by atoms with van der Waals surface area (Å²) >= 11 is 3.29. The lowest BCUT2D eigenvalue weighted by molar-refractivity contribution is 0.209. The smallest absolute Gasteiger partial charge is 0.175 e. The van der Waals surface area contributed by atoms with Crippen molar-refractivity contribution in [3.63, 3.8) is 0 Å². The molecule has 0 unspecified atom stereocenters. The lowest BCUT2D eigenvalue weighted by Crippen LogP contribution is -2.10. The average molecular weight is 305 g/mol. The summed E-state index contributed by atoms with van der Waals surface area (Å²) < 4.78 is 25.1. The molecule has 0 amide bonds. The highest BCUT2D eigenvalue weighted by Crippen LogP contribution is 2.37. The van der Waals surface area contributed by atoms with E-state index in [0.29, 0.717) is 28.5 Å². The van der Waals surface area contributed by atoms with E-state index < -0.39 is 0 Å². The first-order valence-electron chi connectivity index (χ1n) is 5.68. The molecule has 0 aromatic heterocycles. The first-order valence-corrected chi connectivity index (χ1v) is 6.48. The maximum absolute atomic E-state index is 13.3. The Hall–Kier alpha value is -0.770. The molecular weight excluding hydrogens is 287 g/mol. The summed E-state index contributed by atoms with van der Waals surface area (Å²) in [7, 11) is 0. The fourth-order valence-corrected chi connectivity index (χ4v) is 1.76. The van der Waals surface area contributed by atoms with E-state index in [1.807, 2.05) is 27.7 Å². The second-order valence-electron chi connectivity index (χ2n) is 4.59. The molecule has 0 heterocycles. The molecule has 0 aliphatic rings. The van der Waals surface area contributed by atoms with Gasteiger partial charge in [-0.1, -0.05) is 13.8 Å². The van der Waals surface area contributed by atoms with Crippen LogP contribution in [0.5, 0.6) is 11.5 Å². The molecule has 1 aromatic rings. The third kappa shape index (κ3) is 4.54. The van der Waals surface area contributed by atoms with Crippen LogP contribution < -0.4 is 9.47 Å². The van der Waals surface area contributed by atoms with Crippen LogP contribution in [0.3, 0.4) is 0 Å². The zero-order valence-electron chi connectivity index (χ0n) is 10.6. The number of rotatable bonds is 5. The highest BCUT2D eigenvalue weighted by molar-refractivity contribution is 9.10. The fourth-order valence-electron chi connectivity index (χ4n) is 1.25. The van der Waals surface area contributed by atoms with Crippen molar-refractivity contribution in [3.05, 3.63) is 22.4 Å². The van der Waals surface area contributed by atoms with E-state index in [4.69, 9.17) is 9.47 Å². The van der Waals surface area contributed by atoms with Crippen molar-refractivity contribution in [3.8, 4) is 11.5 Å². The standard InChI is InChI=1S/C13H18BrFO2/c1-8(2)7-16-12-6-10(15)5-11(14)13(12)17-9(3)4/h5-6,8-9H,7H2,1-4H3. The van der Waals surface area contributed by atoms with Crippen LogP contribution in [0.25, 0.3) is 0 Å². The Bertz CT molecular complexity index is 378. The first kappa shape index (κ1) is 14.3.